The van der Waals surface area contributed by atoms with E-state index >= 15 is 0 Å². The molecule has 0 aliphatic carbocycles. The second kappa shape index (κ2) is 32.9. The number of aromatic nitrogens is 9. The van der Waals surface area contributed by atoms with E-state index in [1.54, 1.807) is 0 Å². The Morgan fingerprint density at radius 1 is 0.122 bits per heavy atom. The van der Waals surface area contributed by atoms with Gasteiger partial charge in [0.15, 0.2) is 52.4 Å². The fraction of sp³-hybridized carbons (Fsp3) is 0. The molecule has 0 saturated carbocycles. The molecular formula is C119H73N9O3. The van der Waals surface area contributed by atoms with Crippen LogP contribution in [0.2, 0.25) is 0 Å². The molecular weight excluding hydrogens is 1600 g/mol. The van der Waals surface area contributed by atoms with Gasteiger partial charge in [0.1, 0.15) is 33.5 Å². The van der Waals surface area contributed by atoms with Gasteiger partial charge in [-0.05, 0) is 148 Å². The van der Waals surface area contributed by atoms with E-state index in [0.717, 1.165) is 165 Å². The quantitative estimate of drug-likeness (QED) is 0.114. The fourth-order valence-electron chi connectivity index (χ4n) is 18.0. The zero-order chi connectivity index (χ0) is 86.7. The molecule has 612 valence electrons. The first-order valence-corrected chi connectivity index (χ1v) is 43.7. The maximum Gasteiger partial charge on any atom is 0.164 e. The summed E-state index contributed by atoms with van der Waals surface area (Å²) in [5.74, 6) is 5.60. The van der Waals surface area contributed by atoms with Crippen molar-refractivity contribution in [3.8, 4) is 136 Å². The van der Waals surface area contributed by atoms with Gasteiger partial charge in [-0.3, -0.25) is 0 Å². The van der Waals surface area contributed by atoms with Crippen LogP contribution in [0, 0.1) is 0 Å². The van der Waals surface area contributed by atoms with Crippen LogP contribution in [-0.2, 0) is 0 Å². The summed E-state index contributed by atoms with van der Waals surface area (Å²) < 4.78 is 19.1. The van der Waals surface area contributed by atoms with Crippen molar-refractivity contribution in [2.45, 2.75) is 0 Å². The van der Waals surface area contributed by atoms with Gasteiger partial charge in [-0.25, -0.2) is 44.9 Å². The first kappa shape index (κ1) is 76.8. The Balaban J connectivity index is 0.000000109. The van der Waals surface area contributed by atoms with Crippen molar-refractivity contribution in [1.82, 2.24) is 44.9 Å². The van der Waals surface area contributed by atoms with E-state index in [9.17, 15) is 0 Å². The maximum absolute atomic E-state index is 6.37. The SMILES string of the molecule is c1ccc(-c2ccc(-c3nc(-c4ccccc4)nc(-c4cccc5oc6cc7ccccc7cc6c45)n3)cc2)cc1.c1ccc(-c2nc(-c3ccc(-c4ccc5ccccc5c4)cc3)nc(-c3cccc4oc5cc6ccccc6cc5c34)n2)cc1.c1ccc(-c2nc(-c3ccc(-c4cccc5ccccc45)cc3)nc(-c3cccc4oc5cc6ccccc6cc5c34)n2)cc1. The lowest BCUT2D eigenvalue weighted by Crippen LogP contribution is -2.00. The summed E-state index contributed by atoms with van der Waals surface area (Å²) in [7, 11) is 0. The summed E-state index contributed by atoms with van der Waals surface area (Å²) in [6, 6.07) is 152. The molecule has 0 radical (unpaired) electrons. The molecule has 0 saturated heterocycles. The van der Waals surface area contributed by atoms with Gasteiger partial charge in [0.05, 0.1) is 0 Å². The average molecular weight is 1680 g/mol. The summed E-state index contributed by atoms with van der Waals surface area (Å²) >= 11 is 0. The van der Waals surface area contributed by atoms with Crippen molar-refractivity contribution in [2.24, 2.45) is 0 Å². The van der Waals surface area contributed by atoms with Crippen LogP contribution in [0.25, 0.3) is 256 Å². The Morgan fingerprint density at radius 2 is 0.359 bits per heavy atom. The zero-order valence-electron chi connectivity index (χ0n) is 70.4. The Labute approximate surface area is 751 Å². The number of nitrogens with zero attached hydrogens (tertiary/aromatic N) is 9. The van der Waals surface area contributed by atoms with Crippen molar-refractivity contribution in [3.05, 3.63) is 443 Å². The van der Waals surface area contributed by atoms with Crippen LogP contribution in [0.1, 0.15) is 0 Å². The van der Waals surface area contributed by atoms with Crippen LogP contribution in [0.5, 0.6) is 0 Å². The third-order valence-electron chi connectivity index (χ3n) is 24.5. The summed E-state index contributed by atoms with van der Waals surface area (Å²) in [6.45, 7) is 0. The van der Waals surface area contributed by atoms with Gasteiger partial charge >= 0.3 is 0 Å². The number of hydrogen-bond acceptors (Lipinski definition) is 12. The number of furan rings is 3. The molecule has 0 N–H and O–H groups in total. The summed E-state index contributed by atoms with van der Waals surface area (Å²) in [5, 5.41) is 18.0. The highest BCUT2D eigenvalue weighted by Crippen LogP contribution is 2.44. The van der Waals surface area contributed by atoms with Crippen molar-refractivity contribution in [2.75, 3.05) is 0 Å². The second-order valence-electron chi connectivity index (χ2n) is 32.6. The molecule has 0 unspecified atom stereocenters. The fourth-order valence-corrected chi connectivity index (χ4v) is 18.0. The van der Waals surface area contributed by atoms with Crippen LogP contribution in [0.15, 0.2) is 456 Å². The van der Waals surface area contributed by atoms with E-state index in [0.29, 0.717) is 52.4 Å². The Kier molecular flexibility index (Phi) is 19.3. The average Bonchev–Trinajstić information content (AvgIpc) is 1.63. The minimum Gasteiger partial charge on any atom is -0.456 e. The lowest BCUT2D eigenvalue weighted by atomic mass is 9.97. The van der Waals surface area contributed by atoms with Crippen LogP contribution >= 0.6 is 0 Å². The highest BCUT2D eigenvalue weighted by molar-refractivity contribution is 6.18. The van der Waals surface area contributed by atoms with Crippen molar-refractivity contribution in [1.29, 1.82) is 0 Å². The predicted octanol–water partition coefficient (Wildman–Crippen LogP) is 31.1. The Bertz CT molecular complexity index is 8880. The molecule has 0 bridgehead atoms. The molecule has 26 rings (SSSR count). The Hall–Kier alpha value is -17.9. The van der Waals surface area contributed by atoms with Gasteiger partial charge < -0.3 is 13.3 Å². The predicted molar refractivity (Wildman–Crippen MR) is 534 cm³/mol. The summed E-state index contributed by atoms with van der Waals surface area (Å²) in [4.78, 5) is 45.1. The molecule has 0 aliphatic rings. The van der Waals surface area contributed by atoms with Gasteiger partial charge in [0.2, 0.25) is 0 Å². The van der Waals surface area contributed by atoms with Crippen LogP contribution in [0.3, 0.4) is 0 Å². The van der Waals surface area contributed by atoms with Crippen molar-refractivity contribution >= 4 is 120 Å². The molecule has 12 heteroatoms. The first-order chi connectivity index (χ1) is 64.8. The molecule has 20 aromatic carbocycles. The number of rotatable bonds is 12. The molecule has 12 nitrogen and oxygen atoms in total. The molecule has 0 atom stereocenters. The van der Waals surface area contributed by atoms with Gasteiger partial charge in [0, 0.05) is 82.4 Å². The Morgan fingerprint density at radius 3 is 0.725 bits per heavy atom. The molecule has 0 fully saturated rings. The van der Waals surface area contributed by atoms with Crippen LogP contribution < -0.4 is 0 Å². The van der Waals surface area contributed by atoms with E-state index in [1.165, 1.54) is 38.2 Å². The highest BCUT2D eigenvalue weighted by Gasteiger charge is 2.24. The van der Waals surface area contributed by atoms with Gasteiger partial charge in [-0.15, -0.1) is 0 Å². The third-order valence-corrected chi connectivity index (χ3v) is 24.5. The summed E-state index contributed by atoms with van der Waals surface area (Å²) in [6.07, 6.45) is 0. The minimum absolute atomic E-state index is 0.610. The van der Waals surface area contributed by atoms with Crippen molar-refractivity contribution in [3.63, 3.8) is 0 Å². The highest BCUT2D eigenvalue weighted by atomic mass is 16.3. The molecule has 0 spiro atoms. The molecule has 26 aromatic rings. The first-order valence-electron chi connectivity index (χ1n) is 43.7. The van der Waals surface area contributed by atoms with E-state index in [2.05, 4.69) is 291 Å². The van der Waals surface area contributed by atoms with Gasteiger partial charge in [-0.2, -0.15) is 0 Å². The van der Waals surface area contributed by atoms with E-state index in [4.69, 9.17) is 58.1 Å². The molecule has 6 heterocycles. The second-order valence-corrected chi connectivity index (χ2v) is 32.6. The van der Waals surface area contributed by atoms with Gasteiger partial charge in [0.25, 0.3) is 0 Å². The molecule has 6 aromatic heterocycles. The van der Waals surface area contributed by atoms with Gasteiger partial charge in [-0.1, -0.05) is 382 Å². The lowest BCUT2D eigenvalue weighted by Gasteiger charge is -2.10. The number of benzene rings is 20. The minimum atomic E-state index is 0.610. The van der Waals surface area contributed by atoms with E-state index in [-0.39, 0.29) is 0 Å². The van der Waals surface area contributed by atoms with Crippen LogP contribution in [0.4, 0.5) is 0 Å². The van der Waals surface area contributed by atoms with E-state index in [1.807, 2.05) is 152 Å². The molecule has 0 amide bonds. The summed E-state index contributed by atoms with van der Waals surface area (Å²) in [5.41, 5.74) is 20.3. The molecule has 0 aliphatic heterocycles. The largest absolute Gasteiger partial charge is 0.456 e. The molecule has 131 heavy (non-hydrogen) atoms. The van der Waals surface area contributed by atoms with E-state index < -0.39 is 0 Å². The maximum atomic E-state index is 6.37. The number of fused-ring (bicyclic) bond motifs is 14. The van der Waals surface area contributed by atoms with Crippen molar-refractivity contribution < 1.29 is 13.3 Å². The lowest BCUT2D eigenvalue weighted by molar-refractivity contribution is 0.669. The van der Waals surface area contributed by atoms with Crippen LogP contribution in [-0.4, -0.2) is 44.9 Å². The number of hydrogen-bond donors (Lipinski definition) is 0. The smallest absolute Gasteiger partial charge is 0.164 e. The monoisotopic (exact) mass is 1680 g/mol. The standard InChI is InChI=1S/2C41H25N3O.C37H23N3O/c1-2-11-28(12-3-1)39-42-40(29-22-20-27(21-23-29)33-17-8-15-26-10-6-7-16-32(26)33)44-41(43-39)34-18-9-19-36-38(34)35-24-30-13-4-5-14-31(30)25-37(35)45-36;1-2-10-28(11-3-1)39-42-40(29-20-17-27(18-21-29)33-22-19-26-9-4-5-12-30(26)23-33)44-41(43-39)34-15-8-16-36-38(34)35-24-31-13-6-7-14-32(31)25-37(35)45-36;1-3-10-24(11-4-1)25-18-20-27(21-19-25)36-38-35(26-12-5-2-6-13-26)39-37(40-36)30-16-9-17-32-34(30)31-22-28-14-7-8-15-29(28)23-33(31)41-32/h2*1-25H;1-23H. The topological polar surface area (TPSA) is 155 Å². The third kappa shape index (κ3) is 14.7. The zero-order valence-corrected chi connectivity index (χ0v) is 70.4. The normalized spacial score (nSPS) is 11.5.